The molecule has 0 aromatic rings. The quantitative estimate of drug-likeness (QED) is 0.680. The van der Waals surface area contributed by atoms with Crippen LogP contribution in [0.25, 0.3) is 0 Å². The van der Waals surface area contributed by atoms with Crippen LogP contribution in [0.15, 0.2) is 9.81 Å². The molecule has 1 atom stereocenters. The summed E-state index contributed by atoms with van der Waals surface area (Å²) in [5, 5.41) is 0. The monoisotopic (exact) mass is 270 g/mol. The van der Waals surface area contributed by atoms with Gasteiger partial charge in [0.2, 0.25) is 0 Å². The summed E-state index contributed by atoms with van der Waals surface area (Å²) in [7, 11) is 0. The molecule has 0 N–H and O–H groups in total. The van der Waals surface area contributed by atoms with Gasteiger partial charge in [0.05, 0.1) is 0 Å². The van der Waals surface area contributed by atoms with Crippen LogP contribution in [0.5, 0.6) is 0 Å². The molecule has 3 rings (SSSR count). The minimum absolute atomic E-state index is 0.0463. The summed E-state index contributed by atoms with van der Waals surface area (Å²) in [6, 6.07) is 0. The van der Waals surface area contributed by atoms with E-state index < -0.39 is 0 Å². The Kier molecular flexibility index (Phi) is 3.71. The molecule has 2 aliphatic heterocycles. The first kappa shape index (κ1) is 12.0. The number of esters is 1. The summed E-state index contributed by atoms with van der Waals surface area (Å²) in [5.41, 5.74) is 0. The first-order chi connectivity index (χ1) is 8.36. The molecule has 1 aliphatic carbocycles. The van der Waals surface area contributed by atoms with Gasteiger partial charge < -0.3 is 4.74 Å². The van der Waals surface area contributed by atoms with Gasteiger partial charge in [-0.15, -0.1) is 23.5 Å². The topological polar surface area (TPSA) is 26.3 Å². The molecule has 0 amide bonds. The molecule has 0 radical (unpaired) electrons. The van der Waals surface area contributed by atoms with Crippen molar-refractivity contribution < 1.29 is 9.53 Å². The van der Waals surface area contributed by atoms with E-state index in [2.05, 4.69) is 0 Å². The van der Waals surface area contributed by atoms with E-state index in [-0.39, 0.29) is 12.1 Å². The van der Waals surface area contributed by atoms with Crippen molar-refractivity contribution in [2.45, 2.75) is 44.6 Å². The second-order valence-electron chi connectivity index (χ2n) is 4.97. The van der Waals surface area contributed by atoms with Gasteiger partial charge in [-0.1, -0.05) is 19.3 Å². The Bertz CT molecular complexity index is 345. The average molecular weight is 270 g/mol. The third kappa shape index (κ3) is 2.39. The lowest BCUT2D eigenvalue weighted by Crippen LogP contribution is -2.25. The van der Waals surface area contributed by atoms with E-state index in [0.29, 0.717) is 5.92 Å². The predicted molar refractivity (Wildman–Crippen MR) is 73.0 cm³/mol. The number of hydrogen-bond acceptors (Lipinski definition) is 4. The zero-order valence-electron chi connectivity index (χ0n) is 9.94. The third-order valence-electron chi connectivity index (χ3n) is 3.77. The highest BCUT2D eigenvalue weighted by Crippen LogP contribution is 2.45. The fourth-order valence-electron chi connectivity index (χ4n) is 2.89. The fourth-order valence-corrected chi connectivity index (χ4v) is 5.47. The summed E-state index contributed by atoms with van der Waals surface area (Å²) in [6.45, 7) is 0. The minimum Gasteiger partial charge on any atom is -0.453 e. The summed E-state index contributed by atoms with van der Waals surface area (Å²) in [4.78, 5) is 14.1. The van der Waals surface area contributed by atoms with E-state index in [1.807, 2.05) is 11.8 Å². The Hall–Kier alpha value is -0.0900. The van der Waals surface area contributed by atoms with Crippen LogP contribution in [0.2, 0.25) is 0 Å². The van der Waals surface area contributed by atoms with Crippen LogP contribution in [-0.2, 0) is 9.53 Å². The van der Waals surface area contributed by atoms with Crippen LogP contribution >= 0.6 is 23.5 Å². The predicted octanol–water partition coefficient (Wildman–Crippen LogP) is 3.57. The van der Waals surface area contributed by atoms with Gasteiger partial charge in [-0.25, -0.2) is 4.79 Å². The Morgan fingerprint density at radius 1 is 1.00 bits per heavy atom. The van der Waals surface area contributed by atoms with Gasteiger partial charge in [-0.05, 0) is 30.8 Å². The Morgan fingerprint density at radius 2 is 1.76 bits per heavy atom. The molecule has 0 spiro atoms. The highest BCUT2D eigenvalue weighted by molar-refractivity contribution is 8.08. The van der Waals surface area contributed by atoms with Crippen molar-refractivity contribution in [1.29, 1.82) is 0 Å². The van der Waals surface area contributed by atoms with Gasteiger partial charge in [-0.3, -0.25) is 0 Å². The van der Waals surface area contributed by atoms with Gasteiger partial charge in [-0.2, -0.15) is 0 Å². The second kappa shape index (κ2) is 5.27. The molecule has 0 aromatic carbocycles. The number of carbonyl (C=O) groups is 1. The zero-order chi connectivity index (χ0) is 11.7. The maximum Gasteiger partial charge on any atom is 0.346 e. The average Bonchev–Trinajstić information content (AvgIpc) is 2.57. The number of rotatable bonds is 1. The van der Waals surface area contributed by atoms with Crippen molar-refractivity contribution in [2.75, 3.05) is 11.5 Å². The summed E-state index contributed by atoms with van der Waals surface area (Å²) in [6.07, 6.45) is 7.74. The smallest absolute Gasteiger partial charge is 0.346 e. The van der Waals surface area contributed by atoms with Crippen molar-refractivity contribution in [3.63, 3.8) is 0 Å². The minimum atomic E-state index is -0.0463. The van der Waals surface area contributed by atoms with Crippen LogP contribution in [0, 0.1) is 5.92 Å². The molecule has 17 heavy (non-hydrogen) atoms. The Balaban J connectivity index is 1.80. The normalized spacial score (nSPS) is 31.1. The van der Waals surface area contributed by atoms with E-state index >= 15 is 0 Å². The second-order valence-corrected chi connectivity index (χ2v) is 7.21. The fraction of sp³-hybridized carbons (Fsp3) is 0.769. The molecule has 3 aliphatic rings. The van der Waals surface area contributed by atoms with Crippen molar-refractivity contribution in [1.82, 2.24) is 0 Å². The van der Waals surface area contributed by atoms with Gasteiger partial charge in [0.25, 0.3) is 0 Å². The van der Waals surface area contributed by atoms with Crippen molar-refractivity contribution >= 4 is 29.5 Å². The third-order valence-corrected chi connectivity index (χ3v) is 6.31. The highest BCUT2D eigenvalue weighted by Gasteiger charge is 2.40. The Labute approximate surface area is 111 Å². The number of ether oxygens (including phenoxy) is 1. The number of hydrogen-bond donors (Lipinski definition) is 0. The molecule has 0 bridgehead atoms. The molecule has 2 nitrogen and oxygen atoms in total. The molecule has 1 saturated carbocycles. The summed E-state index contributed by atoms with van der Waals surface area (Å²) >= 11 is 3.59. The first-order valence-corrected chi connectivity index (χ1v) is 8.54. The van der Waals surface area contributed by atoms with E-state index in [4.69, 9.17) is 4.74 Å². The lowest BCUT2D eigenvalue weighted by Gasteiger charge is -2.27. The van der Waals surface area contributed by atoms with E-state index in [0.717, 1.165) is 16.4 Å². The SMILES string of the molecule is O=C1OC(C2CCCCC2)C2=C1SCCCS2. The molecule has 2 heterocycles. The zero-order valence-corrected chi connectivity index (χ0v) is 11.6. The van der Waals surface area contributed by atoms with Gasteiger partial charge in [0.15, 0.2) is 0 Å². The van der Waals surface area contributed by atoms with E-state index in [9.17, 15) is 4.79 Å². The molecule has 94 valence electrons. The summed E-state index contributed by atoms with van der Waals surface area (Å²) < 4.78 is 5.65. The van der Waals surface area contributed by atoms with Crippen LogP contribution in [0.4, 0.5) is 0 Å². The van der Waals surface area contributed by atoms with E-state index in [1.54, 1.807) is 11.8 Å². The highest BCUT2D eigenvalue weighted by atomic mass is 32.2. The van der Waals surface area contributed by atoms with Crippen LogP contribution < -0.4 is 0 Å². The molecular weight excluding hydrogens is 252 g/mol. The maximum atomic E-state index is 11.9. The maximum absolute atomic E-state index is 11.9. The van der Waals surface area contributed by atoms with Crippen molar-refractivity contribution in [3.8, 4) is 0 Å². The van der Waals surface area contributed by atoms with Crippen LogP contribution in [0.1, 0.15) is 38.5 Å². The van der Waals surface area contributed by atoms with Crippen LogP contribution in [-0.4, -0.2) is 23.6 Å². The van der Waals surface area contributed by atoms with Crippen molar-refractivity contribution in [2.24, 2.45) is 5.92 Å². The Morgan fingerprint density at radius 3 is 2.59 bits per heavy atom. The van der Waals surface area contributed by atoms with Crippen LogP contribution in [0.3, 0.4) is 0 Å². The first-order valence-electron chi connectivity index (χ1n) is 6.57. The molecule has 1 unspecified atom stereocenters. The number of thioether (sulfide) groups is 2. The van der Waals surface area contributed by atoms with Gasteiger partial charge in [0, 0.05) is 10.8 Å². The van der Waals surface area contributed by atoms with Gasteiger partial charge in [0.1, 0.15) is 11.0 Å². The lowest BCUT2D eigenvalue weighted by atomic mass is 9.85. The van der Waals surface area contributed by atoms with Crippen molar-refractivity contribution in [3.05, 3.63) is 9.81 Å². The molecule has 4 heteroatoms. The summed E-state index contributed by atoms with van der Waals surface area (Å²) in [5.74, 6) is 2.76. The number of cyclic esters (lactones) is 1. The molecular formula is C13H18O2S2. The standard InChI is InChI=1S/C13H18O2S2/c14-13-12-11(16-7-4-8-17-12)10(15-13)9-5-2-1-3-6-9/h9-10H,1-8H2. The molecule has 0 aromatic heterocycles. The largest absolute Gasteiger partial charge is 0.453 e. The molecule has 0 saturated heterocycles. The van der Waals surface area contributed by atoms with Gasteiger partial charge >= 0.3 is 5.97 Å². The molecule has 1 fully saturated rings. The number of carbonyl (C=O) groups excluding carboxylic acids is 1. The lowest BCUT2D eigenvalue weighted by molar-refractivity contribution is -0.141. The van der Waals surface area contributed by atoms with E-state index in [1.165, 1.54) is 43.4 Å².